The molecule has 0 aromatic heterocycles. The Hall–Kier alpha value is -1.06. The molecule has 14 heavy (non-hydrogen) atoms. The van der Waals surface area contributed by atoms with Crippen molar-refractivity contribution >= 4 is 11.9 Å². The van der Waals surface area contributed by atoms with Crippen molar-refractivity contribution in [2.75, 3.05) is 6.54 Å². The van der Waals surface area contributed by atoms with E-state index in [0.717, 1.165) is 6.42 Å². The van der Waals surface area contributed by atoms with E-state index in [1.165, 1.54) is 13.8 Å². The lowest BCUT2D eigenvalue weighted by Gasteiger charge is -2.18. The summed E-state index contributed by atoms with van der Waals surface area (Å²) in [6.45, 7) is 7.44. The van der Waals surface area contributed by atoms with Crippen molar-refractivity contribution in [3.63, 3.8) is 0 Å². The molecule has 0 saturated carbocycles. The Balaban J connectivity index is 4.03. The molecule has 4 heteroatoms. The van der Waals surface area contributed by atoms with Crippen LogP contribution in [0.1, 0.15) is 34.1 Å². The Bertz CT molecular complexity index is 221. The fraction of sp³-hybridized carbons (Fsp3) is 0.800. The first-order chi connectivity index (χ1) is 6.28. The zero-order chi connectivity index (χ0) is 11.4. The first-order valence-corrected chi connectivity index (χ1v) is 4.80. The number of hydrogen-bond donors (Lipinski definition) is 2. The molecule has 0 spiro atoms. The summed E-state index contributed by atoms with van der Waals surface area (Å²) < 4.78 is 0. The molecule has 0 radical (unpaired) electrons. The maximum absolute atomic E-state index is 11.4. The number of nitrogens with one attached hydrogen (secondary N) is 1. The van der Waals surface area contributed by atoms with Gasteiger partial charge in [-0.3, -0.25) is 9.59 Å². The van der Waals surface area contributed by atoms with Gasteiger partial charge in [0.05, 0.1) is 0 Å². The fourth-order valence-electron chi connectivity index (χ4n) is 0.792. The van der Waals surface area contributed by atoms with E-state index < -0.39 is 17.3 Å². The Labute approximate surface area is 84.7 Å². The summed E-state index contributed by atoms with van der Waals surface area (Å²) in [6, 6.07) is 0. The fourth-order valence-corrected chi connectivity index (χ4v) is 0.792. The van der Waals surface area contributed by atoms with Crippen LogP contribution in [0.25, 0.3) is 0 Å². The number of carbonyl (C=O) groups is 2. The van der Waals surface area contributed by atoms with Gasteiger partial charge in [0.15, 0.2) is 0 Å². The predicted molar refractivity (Wildman–Crippen MR) is 53.9 cm³/mol. The van der Waals surface area contributed by atoms with Gasteiger partial charge in [0.25, 0.3) is 0 Å². The van der Waals surface area contributed by atoms with E-state index in [-0.39, 0.29) is 0 Å². The second-order valence-electron chi connectivity index (χ2n) is 4.37. The SMILES string of the molecule is CC(C)CCNC(=O)C(C)(C)C(=O)O. The minimum absolute atomic E-state index is 0.425. The molecule has 0 aromatic rings. The van der Waals surface area contributed by atoms with Crippen molar-refractivity contribution in [3.8, 4) is 0 Å². The van der Waals surface area contributed by atoms with Crippen molar-refractivity contribution in [2.24, 2.45) is 11.3 Å². The van der Waals surface area contributed by atoms with Gasteiger partial charge < -0.3 is 10.4 Å². The quantitative estimate of drug-likeness (QED) is 0.658. The molecule has 0 fully saturated rings. The van der Waals surface area contributed by atoms with Gasteiger partial charge in [0, 0.05) is 6.54 Å². The zero-order valence-electron chi connectivity index (χ0n) is 9.26. The van der Waals surface area contributed by atoms with Gasteiger partial charge in [0.1, 0.15) is 5.41 Å². The minimum atomic E-state index is -1.34. The van der Waals surface area contributed by atoms with Gasteiger partial charge in [-0.1, -0.05) is 13.8 Å². The van der Waals surface area contributed by atoms with Crippen molar-refractivity contribution in [2.45, 2.75) is 34.1 Å². The van der Waals surface area contributed by atoms with Crippen LogP contribution in [0.15, 0.2) is 0 Å². The Morgan fingerprint density at radius 1 is 1.36 bits per heavy atom. The van der Waals surface area contributed by atoms with Gasteiger partial charge in [-0.2, -0.15) is 0 Å². The lowest BCUT2D eigenvalue weighted by molar-refractivity contribution is -0.153. The van der Waals surface area contributed by atoms with Crippen LogP contribution in [-0.4, -0.2) is 23.5 Å². The number of rotatable bonds is 5. The summed E-state index contributed by atoms with van der Waals surface area (Å²) in [7, 11) is 0. The van der Waals surface area contributed by atoms with E-state index >= 15 is 0 Å². The maximum Gasteiger partial charge on any atom is 0.318 e. The lowest BCUT2D eigenvalue weighted by Crippen LogP contribution is -2.42. The average Bonchev–Trinajstić information content (AvgIpc) is 2.02. The Morgan fingerprint density at radius 3 is 2.21 bits per heavy atom. The average molecular weight is 201 g/mol. The molecule has 4 nitrogen and oxygen atoms in total. The molecule has 0 saturated heterocycles. The van der Waals surface area contributed by atoms with E-state index in [1.807, 2.05) is 0 Å². The van der Waals surface area contributed by atoms with E-state index in [9.17, 15) is 9.59 Å². The number of hydrogen-bond acceptors (Lipinski definition) is 2. The first kappa shape index (κ1) is 12.9. The zero-order valence-corrected chi connectivity index (χ0v) is 9.26. The Morgan fingerprint density at radius 2 is 1.86 bits per heavy atom. The third kappa shape index (κ3) is 3.77. The second kappa shape index (κ2) is 4.98. The summed E-state index contributed by atoms with van der Waals surface area (Å²) in [5.74, 6) is -1.02. The summed E-state index contributed by atoms with van der Waals surface area (Å²) in [5.41, 5.74) is -1.34. The highest BCUT2D eigenvalue weighted by Crippen LogP contribution is 2.14. The maximum atomic E-state index is 11.4. The van der Waals surface area contributed by atoms with E-state index in [2.05, 4.69) is 19.2 Å². The molecule has 0 aliphatic rings. The molecule has 0 atom stereocenters. The topological polar surface area (TPSA) is 66.4 Å². The number of carboxylic acid groups (broad SMARTS) is 1. The third-order valence-corrected chi connectivity index (χ3v) is 2.11. The van der Waals surface area contributed by atoms with Crippen LogP contribution < -0.4 is 5.32 Å². The highest BCUT2D eigenvalue weighted by molar-refractivity contribution is 6.00. The van der Waals surface area contributed by atoms with Crippen LogP contribution in [0.3, 0.4) is 0 Å². The predicted octanol–water partition coefficient (Wildman–Crippen LogP) is 1.26. The third-order valence-electron chi connectivity index (χ3n) is 2.11. The van der Waals surface area contributed by atoms with Gasteiger partial charge in [-0.15, -0.1) is 0 Å². The summed E-state index contributed by atoms with van der Waals surface area (Å²) in [4.78, 5) is 22.1. The molecule has 0 rings (SSSR count). The molecule has 0 aromatic carbocycles. The number of carboxylic acids is 1. The molecule has 1 amide bonds. The lowest BCUT2D eigenvalue weighted by atomic mass is 9.92. The molecular weight excluding hydrogens is 182 g/mol. The van der Waals surface area contributed by atoms with Crippen LogP contribution in [0, 0.1) is 11.3 Å². The molecule has 0 heterocycles. The van der Waals surface area contributed by atoms with Gasteiger partial charge in [-0.05, 0) is 26.2 Å². The molecule has 82 valence electrons. The van der Waals surface area contributed by atoms with Crippen LogP contribution in [-0.2, 0) is 9.59 Å². The Kier molecular flexibility index (Phi) is 4.60. The molecule has 0 aliphatic heterocycles. The van der Waals surface area contributed by atoms with Crippen LogP contribution in [0.5, 0.6) is 0 Å². The molecule has 0 bridgehead atoms. The number of carbonyl (C=O) groups excluding carboxylic acids is 1. The van der Waals surface area contributed by atoms with Gasteiger partial charge in [-0.25, -0.2) is 0 Å². The molecular formula is C10H19NO3. The van der Waals surface area contributed by atoms with E-state index in [1.54, 1.807) is 0 Å². The number of aliphatic carboxylic acids is 1. The monoisotopic (exact) mass is 201 g/mol. The van der Waals surface area contributed by atoms with Crippen molar-refractivity contribution in [1.29, 1.82) is 0 Å². The molecule has 2 N–H and O–H groups in total. The van der Waals surface area contributed by atoms with Gasteiger partial charge in [0.2, 0.25) is 5.91 Å². The first-order valence-electron chi connectivity index (χ1n) is 4.80. The second-order valence-corrected chi connectivity index (χ2v) is 4.37. The smallest absolute Gasteiger partial charge is 0.318 e. The number of amides is 1. The van der Waals surface area contributed by atoms with Gasteiger partial charge >= 0.3 is 5.97 Å². The normalized spacial score (nSPS) is 11.5. The van der Waals surface area contributed by atoms with Crippen LogP contribution in [0.4, 0.5) is 0 Å². The molecule has 0 unspecified atom stereocenters. The van der Waals surface area contributed by atoms with Crippen molar-refractivity contribution < 1.29 is 14.7 Å². The highest BCUT2D eigenvalue weighted by atomic mass is 16.4. The largest absolute Gasteiger partial charge is 0.480 e. The molecule has 0 aliphatic carbocycles. The van der Waals surface area contributed by atoms with Crippen molar-refractivity contribution in [1.82, 2.24) is 5.32 Å². The minimum Gasteiger partial charge on any atom is -0.480 e. The summed E-state index contributed by atoms with van der Waals surface area (Å²) in [5, 5.41) is 11.4. The summed E-state index contributed by atoms with van der Waals surface area (Å²) >= 11 is 0. The van der Waals surface area contributed by atoms with E-state index in [0.29, 0.717) is 12.5 Å². The van der Waals surface area contributed by atoms with Crippen LogP contribution >= 0.6 is 0 Å². The van der Waals surface area contributed by atoms with Crippen LogP contribution in [0.2, 0.25) is 0 Å². The van der Waals surface area contributed by atoms with Crippen molar-refractivity contribution in [3.05, 3.63) is 0 Å². The standard InChI is InChI=1S/C10H19NO3/c1-7(2)5-6-11-8(12)10(3,4)9(13)14/h7H,5-6H2,1-4H3,(H,11,12)(H,13,14). The highest BCUT2D eigenvalue weighted by Gasteiger charge is 2.35. The summed E-state index contributed by atoms with van der Waals surface area (Å²) in [6.07, 6.45) is 0.863. The van der Waals surface area contributed by atoms with E-state index in [4.69, 9.17) is 5.11 Å².